The van der Waals surface area contributed by atoms with Crippen LogP contribution in [0.4, 0.5) is 19.5 Å². The summed E-state index contributed by atoms with van der Waals surface area (Å²) in [5.74, 6) is -4.53. The molecule has 43 heavy (non-hydrogen) atoms. The third-order valence-electron chi connectivity index (χ3n) is 8.15. The maximum absolute atomic E-state index is 14.2. The number of nitroso groups, excluding NO2 is 1. The summed E-state index contributed by atoms with van der Waals surface area (Å²) in [5.41, 5.74) is 1.37. The van der Waals surface area contributed by atoms with Crippen LogP contribution in [-0.4, -0.2) is 46.5 Å². The first-order valence-corrected chi connectivity index (χ1v) is 15.2. The summed E-state index contributed by atoms with van der Waals surface area (Å²) < 4.78 is 27.8. The number of carbonyl (C=O) groups excluding carboxylic acids is 2. The van der Waals surface area contributed by atoms with Gasteiger partial charge >= 0.3 is 12.1 Å². The molecule has 3 atom stereocenters. The Morgan fingerprint density at radius 3 is 2.37 bits per heavy atom. The van der Waals surface area contributed by atoms with Crippen LogP contribution >= 0.6 is 11.3 Å². The first-order chi connectivity index (χ1) is 20.7. The third-order valence-corrected chi connectivity index (χ3v) is 9.02. The summed E-state index contributed by atoms with van der Waals surface area (Å²) in [6, 6.07) is 13.1. The minimum atomic E-state index is -1.83. The van der Waals surface area contributed by atoms with E-state index in [-0.39, 0.29) is 16.5 Å². The SMILES string of the molecule is O=C(O)C(NC1C(=O)C(CC2CC2)c2ccccc2N(CC2CC2)[N+]1=O)N(C(=O)Cc1cc(F)cc(F)c1)c1cccs1. The van der Waals surface area contributed by atoms with Gasteiger partial charge in [-0.1, -0.05) is 31.0 Å². The molecule has 2 saturated carbocycles. The second-order valence-electron chi connectivity index (χ2n) is 11.5. The van der Waals surface area contributed by atoms with E-state index in [1.54, 1.807) is 11.4 Å². The summed E-state index contributed by atoms with van der Waals surface area (Å²) in [5, 5.41) is 16.5. The monoisotopic (exact) mass is 609 g/mol. The number of aliphatic carboxylic acids is 1. The lowest BCUT2D eigenvalue weighted by Gasteiger charge is -2.29. The van der Waals surface area contributed by atoms with Gasteiger partial charge in [-0.3, -0.25) is 14.5 Å². The number of amides is 1. The Kier molecular flexibility index (Phi) is 8.06. The van der Waals surface area contributed by atoms with Crippen molar-refractivity contribution in [3.63, 3.8) is 0 Å². The van der Waals surface area contributed by atoms with E-state index in [1.165, 1.54) is 11.1 Å². The number of nitrogens with one attached hydrogen (secondary N) is 1. The van der Waals surface area contributed by atoms with Crippen molar-refractivity contribution in [2.45, 2.75) is 56.8 Å². The lowest BCUT2D eigenvalue weighted by atomic mass is 9.87. The van der Waals surface area contributed by atoms with Crippen LogP contribution in [0.1, 0.15) is 49.1 Å². The van der Waals surface area contributed by atoms with Crippen molar-refractivity contribution < 1.29 is 33.1 Å². The predicted molar refractivity (Wildman–Crippen MR) is 155 cm³/mol. The van der Waals surface area contributed by atoms with E-state index in [2.05, 4.69) is 5.32 Å². The number of para-hydroxylation sites is 1. The van der Waals surface area contributed by atoms with Crippen LogP contribution in [0.15, 0.2) is 60.0 Å². The molecule has 2 N–H and O–H groups in total. The number of hydrogen-bond donors (Lipinski definition) is 2. The number of fused-ring (bicyclic) bond motifs is 1. The molecule has 0 spiro atoms. The molecule has 3 aromatic rings. The number of hydrogen-bond acceptors (Lipinski definition) is 6. The Hall–Kier alpha value is -4.03. The maximum Gasteiger partial charge on any atom is 0.349 e. The highest BCUT2D eigenvalue weighted by Gasteiger charge is 2.52. The predicted octanol–water partition coefficient (Wildman–Crippen LogP) is 5.01. The number of rotatable bonds is 11. The average Bonchev–Trinajstić information content (AvgIpc) is 3.90. The lowest BCUT2D eigenvalue weighted by Crippen LogP contribution is -2.62. The van der Waals surface area contributed by atoms with Crippen molar-refractivity contribution in [3.05, 3.63) is 87.6 Å². The first-order valence-electron chi connectivity index (χ1n) is 14.4. The van der Waals surface area contributed by atoms with Gasteiger partial charge in [0.25, 0.3) is 0 Å². The quantitative estimate of drug-likeness (QED) is 0.233. The number of nitrogens with zero attached hydrogens (tertiary/aromatic N) is 3. The van der Waals surface area contributed by atoms with Crippen LogP contribution in [0.2, 0.25) is 0 Å². The van der Waals surface area contributed by atoms with Crippen LogP contribution in [-0.2, 0) is 20.8 Å². The molecule has 0 saturated heterocycles. The molecule has 0 bridgehead atoms. The van der Waals surface area contributed by atoms with E-state index in [1.807, 2.05) is 24.3 Å². The van der Waals surface area contributed by atoms with Crippen molar-refractivity contribution in [1.82, 2.24) is 5.32 Å². The number of ketones is 1. The lowest BCUT2D eigenvalue weighted by molar-refractivity contribution is -0.590. The van der Waals surface area contributed by atoms with E-state index in [9.17, 15) is 33.2 Å². The molecule has 0 radical (unpaired) electrons. The molecule has 1 aromatic heterocycles. The number of carboxylic acid groups (broad SMARTS) is 1. The van der Waals surface area contributed by atoms with Crippen LogP contribution in [0.25, 0.3) is 0 Å². The van der Waals surface area contributed by atoms with Gasteiger partial charge < -0.3 is 5.11 Å². The van der Waals surface area contributed by atoms with Gasteiger partial charge in [-0.2, -0.15) is 0 Å². The topological polar surface area (TPSA) is 110 Å². The summed E-state index contributed by atoms with van der Waals surface area (Å²) >= 11 is 1.08. The minimum Gasteiger partial charge on any atom is -0.479 e. The number of thiophene rings is 1. The van der Waals surface area contributed by atoms with Gasteiger partial charge in [-0.05, 0) is 77.9 Å². The maximum atomic E-state index is 14.2. The summed E-state index contributed by atoms with van der Waals surface area (Å²) in [7, 11) is 0. The first kappa shape index (κ1) is 29.1. The number of Topliss-reactive ketones (excluding diaryl/α,β-unsaturated/α-hetero) is 1. The number of hydrazine groups is 1. The second-order valence-corrected chi connectivity index (χ2v) is 12.4. The molecule has 12 heteroatoms. The standard InChI is InChI=1S/C31H30F2N4O5S/c32-21-12-20(13-22(33)16-21)15-26(38)36(27-6-3-11-43-27)30(31(40)41)34-29-28(39)24(14-18-7-8-18)23-4-1-2-5-25(23)35(37(29)42)17-19-9-10-19/h1-6,11-13,16,18-19,24,29-30,34H,7-10,14-15,17H2/p+1. The van der Waals surface area contributed by atoms with Gasteiger partial charge in [0.15, 0.2) is 6.17 Å². The van der Waals surface area contributed by atoms with Crippen molar-refractivity contribution in [3.8, 4) is 0 Å². The zero-order valence-electron chi connectivity index (χ0n) is 23.2. The van der Waals surface area contributed by atoms with Gasteiger partial charge in [0, 0.05) is 6.07 Å². The fourth-order valence-corrected chi connectivity index (χ4v) is 6.47. The van der Waals surface area contributed by atoms with Gasteiger partial charge in [0.2, 0.25) is 11.7 Å². The summed E-state index contributed by atoms with van der Waals surface area (Å²) in [6.45, 7) is 0.374. The van der Waals surface area contributed by atoms with E-state index in [0.717, 1.165) is 59.6 Å². The van der Waals surface area contributed by atoms with Crippen molar-refractivity contribution in [1.29, 1.82) is 0 Å². The van der Waals surface area contributed by atoms with Crippen LogP contribution < -0.4 is 15.2 Å². The Bertz CT molecular complexity index is 1490. The van der Waals surface area contributed by atoms with Crippen LogP contribution in [0.5, 0.6) is 0 Å². The highest BCUT2D eigenvalue weighted by molar-refractivity contribution is 7.14. The fourth-order valence-electron chi connectivity index (χ4n) is 5.69. The summed E-state index contributed by atoms with van der Waals surface area (Å²) in [4.78, 5) is 56.3. The average molecular weight is 610 g/mol. The Balaban J connectivity index is 1.37. The number of anilines is 2. The Morgan fingerprint density at radius 2 is 1.74 bits per heavy atom. The second kappa shape index (κ2) is 11.9. The van der Waals surface area contributed by atoms with Crippen molar-refractivity contribution in [2.75, 3.05) is 16.5 Å². The summed E-state index contributed by atoms with van der Waals surface area (Å²) in [6.07, 6.45) is 0.438. The Labute approximate surface area is 250 Å². The number of carboxylic acids is 1. The zero-order chi connectivity index (χ0) is 30.2. The molecule has 2 aliphatic carbocycles. The molecule has 3 unspecified atom stereocenters. The minimum absolute atomic E-state index is 0.0137. The normalized spacial score (nSPS) is 20.8. The molecule has 6 rings (SSSR count). The smallest absolute Gasteiger partial charge is 0.349 e. The van der Waals surface area contributed by atoms with Gasteiger partial charge in [0.05, 0.1) is 28.8 Å². The van der Waals surface area contributed by atoms with Gasteiger partial charge in [0.1, 0.15) is 22.2 Å². The molecule has 2 fully saturated rings. The highest BCUT2D eigenvalue weighted by Crippen LogP contribution is 2.44. The van der Waals surface area contributed by atoms with Crippen LogP contribution in [0, 0.1) is 28.4 Å². The fraction of sp³-hybridized carbons (Fsp3) is 0.387. The number of benzene rings is 2. The van der Waals surface area contributed by atoms with E-state index in [4.69, 9.17) is 0 Å². The molecule has 9 nitrogen and oxygen atoms in total. The largest absolute Gasteiger partial charge is 0.479 e. The van der Waals surface area contributed by atoms with E-state index >= 15 is 0 Å². The third kappa shape index (κ3) is 6.35. The molecule has 2 heterocycles. The molecular weight excluding hydrogens is 578 g/mol. The molecular formula is C31H31F2N4O5S+. The van der Waals surface area contributed by atoms with Crippen molar-refractivity contribution in [2.24, 2.45) is 11.8 Å². The molecule has 1 amide bonds. The number of halogens is 2. The van der Waals surface area contributed by atoms with Gasteiger partial charge in [-0.25, -0.2) is 18.9 Å². The Morgan fingerprint density at radius 1 is 1.05 bits per heavy atom. The highest BCUT2D eigenvalue weighted by atomic mass is 32.1. The van der Waals surface area contributed by atoms with Gasteiger partial charge in [-0.15, -0.1) is 16.3 Å². The van der Waals surface area contributed by atoms with Crippen LogP contribution in [0.3, 0.4) is 0 Å². The molecule has 3 aliphatic rings. The van der Waals surface area contributed by atoms with E-state index < -0.39 is 54.0 Å². The molecule has 2 aromatic carbocycles. The van der Waals surface area contributed by atoms with E-state index in [0.29, 0.717) is 35.5 Å². The molecule has 224 valence electrons. The number of carbonyl (C=O) groups is 3. The zero-order valence-corrected chi connectivity index (χ0v) is 24.0. The molecule has 1 aliphatic heterocycles. The van der Waals surface area contributed by atoms with Crippen molar-refractivity contribution >= 4 is 39.7 Å².